The Morgan fingerprint density at radius 1 is 1.33 bits per heavy atom. The van der Waals surface area contributed by atoms with Crippen LogP contribution in [0.1, 0.15) is 39.5 Å². The van der Waals surface area contributed by atoms with Crippen LogP contribution in [0.3, 0.4) is 0 Å². The smallest absolute Gasteiger partial charge is 0.233 e. The Bertz CT molecular complexity index is 188. The minimum atomic E-state index is 0.131. The molecule has 0 aromatic carbocycles. The standard InChI is InChI=1S/C12H24N2O/c1-10(2)5-8-14-12(15)9-13-7-6-11-3-4-11/h10-11,13H,3-9H2,1-2H3,(H,14,15). The lowest BCUT2D eigenvalue weighted by atomic mass is 10.1. The Hall–Kier alpha value is -0.570. The van der Waals surface area contributed by atoms with Crippen LogP contribution in [0, 0.1) is 11.8 Å². The van der Waals surface area contributed by atoms with E-state index in [4.69, 9.17) is 0 Å². The van der Waals surface area contributed by atoms with Crippen molar-refractivity contribution in [3.63, 3.8) is 0 Å². The summed E-state index contributed by atoms with van der Waals surface area (Å²) in [6, 6.07) is 0. The van der Waals surface area contributed by atoms with Crippen molar-refractivity contribution in [2.24, 2.45) is 11.8 Å². The summed E-state index contributed by atoms with van der Waals surface area (Å²) in [7, 11) is 0. The highest BCUT2D eigenvalue weighted by molar-refractivity contribution is 5.77. The quantitative estimate of drug-likeness (QED) is 0.599. The van der Waals surface area contributed by atoms with Gasteiger partial charge in [-0.15, -0.1) is 0 Å². The molecule has 0 bridgehead atoms. The molecule has 0 atom stereocenters. The number of rotatable bonds is 8. The average molecular weight is 212 g/mol. The second-order valence-corrected chi connectivity index (χ2v) is 4.94. The molecule has 1 saturated carbocycles. The van der Waals surface area contributed by atoms with Crippen molar-refractivity contribution in [3.05, 3.63) is 0 Å². The summed E-state index contributed by atoms with van der Waals surface area (Å²) < 4.78 is 0. The third-order valence-corrected chi connectivity index (χ3v) is 2.76. The van der Waals surface area contributed by atoms with Crippen LogP contribution < -0.4 is 10.6 Å². The Labute approximate surface area is 93.0 Å². The van der Waals surface area contributed by atoms with E-state index in [2.05, 4.69) is 24.5 Å². The molecule has 0 aromatic heterocycles. The van der Waals surface area contributed by atoms with Crippen molar-refractivity contribution < 1.29 is 4.79 Å². The molecule has 0 unspecified atom stereocenters. The van der Waals surface area contributed by atoms with Gasteiger partial charge in [0.1, 0.15) is 0 Å². The predicted octanol–water partition coefficient (Wildman–Crippen LogP) is 1.54. The molecular weight excluding hydrogens is 188 g/mol. The van der Waals surface area contributed by atoms with Crippen molar-refractivity contribution in [3.8, 4) is 0 Å². The molecular formula is C12H24N2O. The number of hydrogen-bond donors (Lipinski definition) is 2. The molecule has 1 aliphatic carbocycles. The molecule has 2 N–H and O–H groups in total. The molecule has 1 aliphatic rings. The van der Waals surface area contributed by atoms with Crippen molar-refractivity contribution in [2.75, 3.05) is 19.6 Å². The summed E-state index contributed by atoms with van der Waals surface area (Å²) in [5, 5.41) is 6.10. The highest BCUT2D eigenvalue weighted by Crippen LogP contribution is 2.31. The lowest BCUT2D eigenvalue weighted by molar-refractivity contribution is -0.120. The maximum absolute atomic E-state index is 11.3. The molecule has 1 rings (SSSR count). The molecule has 15 heavy (non-hydrogen) atoms. The van der Waals surface area contributed by atoms with Crippen molar-refractivity contribution in [2.45, 2.75) is 39.5 Å². The van der Waals surface area contributed by atoms with Gasteiger partial charge in [-0.25, -0.2) is 0 Å². The normalized spacial score (nSPS) is 15.7. The van der Waals surface area contributed by atoms with Crippen molar-refractivity contribution in [1.82, 2.24) is 10.6 Å². The Balaban J connectivity index is 1.84. The van der Waals surface area contributed by atoms with Crippen LogP contribution in [-0.2, 0) is 4.79 Å². The highest BCUT2D eigenvalue weighted by atomic mass is 16.1. The van der Waals surface area contributed by atoms with Gasteiger partial charge in [-0.3, -0.25) is 4.79 Å². The first kappa shape index (κ1) is 12.5. The van der Waals surface area contributed by atoms with E-state index in [0.29, 0.717) is 12.5 Å². The van der Waals surface area contributed by atoms with Crippen LogP contribution in [0.5, 0.6) is 0 Å². The van der Waals surface area contributed by atoms with Crippen LogP contribution in [0.2, 0.25) is 0 Å². The molecule has 3 heteroatoms. The highest BCUT2D eigenvalue weighted by Gasteiger charge is 2.19. The molecule has 88 valence electrons. The summed E-state index contributed by atoms with van der Waals surface area (Å²) in [4.78, 5) is 11.3. The average Bonchev–Trinajstić information content (AvgIpc) is 2.95. The fraction of sp³-hybridized carbons (Fsp3) is 0.917. The van der Waals surface area contributed by atoms with E-state index < -0.39 is 0 Å². The first-order chi connectivity index (χ1) is 7.18. The van der Waals surface area contributed by atoms with Crippen LogP contribution in [0.4, 0.5) is 0 Å². The van der Waals surface area contributed by atoms with Crippen LogP contribution >= 0.6 is 0 Å². The largest absolute Gasteiger partial charge is 0.355 e. The summed E-state index contributed by atoms with van der Waals surface area (Å²) in [6.45, 7) is 6.61. The van der Waals surface area contributed by atoms with Gasteiger partial charge in [0.05, 0.1) is 6.54 Å². The Kier molecular flexibility index (Phi) is 5.69. The first-order valence-corrected chi connectivity index (χ1v) is 6.16. The number of carbonyl (C=O) groups is 1. The SMILES string of the molecule is CC(C)CCNC(=O)CNCCC1CC1. The Morgan fingerprint density at radius 2 is 2.07 bits per heavy atom. The van der Waals surface area contributed by atoms with E-state index in [1.165, 1.54) is 19.3 Å². The van der Waals surface area contributed by atoms with Gasteiger partial charge in [-0.2, -0.15) is 0 Å². The zero-order chi connectivity index (χ0) is 11.1. The van der Waals surface area contributed by atoms with Gasteiger partial charge in [0, 0.05) is 6.54 Å². The fourth-order valence-electron chi connectivity index (χ4n) is 1.48. The zero-order valence-electron chi connectivity index (χ0n) is 10.0. The van der Waals surface area contributed by atoms with Gasteiger partial charge < -0.3 is 10.6 Å². The summed E-state index contributed by atoms with van der Waals surface area (Å²) >= 11 is 0. The molecule has 0 saturated heterocycles. The topological polar surface area (TPSA) is 41.1 Å². The predicted molar refractivity (Wildman–Crippen MR) is 62.7 cm³/mol. The van der Waals surface area contributed by atoms with Crippen LogP contribution in [0.15, 0.2) is 0 Å². The van der Waals surface area contributed by atoms with E-state index in [-0.39, 0.29) is 5.91 Å². The van der Waals surface area contributed by atoms with Gasteiger partial charge in [-0.05, 0) is 31.2 Å². The molecule has 1 amide bonds. The molecule has 0 radical (unpaired) electrons. The van der Waals surface area contributed by atoms with E-state index in [1.807, 2.05) is 0 Å². The molecule has 0 aromatic rings. The third-order valence-electron chi connectivity index (χ3n) is 2.76. The van der Waals surface area contributed by atoms with Gasteiger partial charge in [0.2, 0.25) is 5.91 Å². The summed E-state index contributed by atoms with van der Waals surface area (Å²) in [5.41, 5.74) is 0. The van der Waals surface area contributed by atoms with Crippen molar-refractivity contribution in [1.29, 1.82) is 0 Å². The van der Waals surface area contributed by atoms with Gasteiger partial charge >= 0.3 is 0 Å². The first-order valence-electron chi connectivity index (χ1n) is 6.16. The fourth-order valence-corrected chi connectivity index (χ4v) is 1.48. The number of carbonyl (C=O) groups excluding carboxylic acids is 1. The monoisotopic (exact) mass is 212 g/mol. The second-order valence-electron chi connectivity index (χ2n) is 4.94. The minimum absolute atomic E-state index is 0.131. The van der Waals surface area contributed by atoms with E-state index in [0.717, 1.165) is 25.4 Å². The minimum Gasteiger partial charge on any atom is -0.355 e. The van der Waals surface area contributed by atoms with Gasteiger partial charge in [0.25, 0.3) is 0 Å². The molecule has 0 spiro atoms. The number of hydrogen-bond acceptors (Lipinski definition) is 2. The van der Waals surface area contributed by atoms with E-state index >= 15 is 0 Å². The molecule has 1 fully saturated rings. The maximum Gasteiger partial charge on any atom is 0.233 e. The lowest BCUT2D eigenvalue weighted by Crippen LogP contribution is -2.35. The van der Waals surface area contributed by atoms with Crippen LogP contribution in [-0.4, -0.2) is 25.5 Å². The van der Waals surface area contributed by atoms with Crippen molar-refractivity contribution >= 4 is 5.91 Å². The Morgan fingerprint density at radius 3 is 2.67 bits per heavy atom. The molecule has 3 nitrogen and oxygen atoms in total. The summed E-state index contributed by atoms with van der Waals surface area (Å²) in [6.07, 6.45) is 5.08. The van der Waals surface area contributed by atoms with Gasteiger partial charge in [0.15, 0.2) is 0 Å². The van der Waals surface area contributed by atoms with E-state index in [9.17, 15) is 4.79 Å². The molecule has 0 heterocycles. The maximum atomic E-state index is 11.3. The second kappa shape index (κ2) is 6.83. The van der Waals surface area contributed by atoms with Gasteiger partial charge in [-0.1, -0.05) is 26.7 Å². The molecule has 0 aliphatic heterocycles. The number of nitrogens with one attached hydrogen (secondary N) is 2. The lowest BCUT2D eigenvalue weighted by Gasteiger charge is -2.07. The van der Waals surface area contributed by atoms with E-state index in [1.54, 1.807) is 0 Å². The summed E-state index contributed by atoms with van der Waals surface area (Å²) in [5.74, 6) is 1.74. The number of amides is 1. The zero-order valence-corrected chi connectivity index (χ0v) is 10.0. The van der Waals surface area contributed by atoms with Crippen LogP contribution in [0.25, 0.3) is 0 Å². The third kappa shape index (κ3) is 7.37.